The summed E-state index contributed by atoms with van der Waals surface area (Å²) in [6.45, 7) is 3.91. The van der Waals surface area contributed by atoms with Crippen molar-refractivity contribution in [2.24, 2.45) is 0 Å². The van der Waals surface area contributed by atoms with Crippen molar-refractivity contribution in [2.75, 3.05) is 5.32 Å². The Morgan fingerprint density at radius 2 is 2.04 bits per heavy atom. The standard InChI is InChI=1S/C19H19F2N3O/c1-3-4-5-17(25)23-19-18(14-11-13(20)6-7-15(14)21)22-16-10-12(2)8-9-24(16)19/h6-11H,3-5H2,1-2H3,(H,23,25). The second-order valence-corrected chi connectivity index (χ2v) is 6.02. The van der Waals surface area contributed by atoms with Crippen LogP contribution in [-0.2, 0) is 4.79 Å². The topological polar surface area (TPSA) is 46.4 Å². The number of imidazole rings is 1. The first kappa shape index (κ1) is 17.1. The second kappa shape index (κ2) is 7.01. The van der Waals surface area contributed by atoms with Crippen LogP contribution in [0.4, 0.5) is 14.6 Å². The molecular weight excluding hydrogens is 324 g/mol. The summed E-state index contributed by atoms with van der Waals surface area (Å²) >= 11 is 0. The summed E-state index contributed by atoms with van der Waals surface area (Å²) in [5.41, 5.74) is 1.77. The highest BCUT2D eigenvalue weighted by Gasteiger charge is 2.19. The van der Waals surface area contributed by atoms with Gasteiger partial charge in [0.15, 0.2) is 0 Å². The first-order chi connectivity index (χ1) is 12.0. The van der Waals surface area contributed by atoms with E-state index in [-0.39, 0.29) is 17.2 Å². The van der Waals surface area contributed by atoms with Crippen molar-refractivity contribution in [2.45, 2.75) is 33.1 Å². The van der Waals surface area contributed by atoms with E-state index in [1.54, 1.807) is 10.6 Å². The van der Waals surface area contributed by atoms with E-state index < -0.39 is 11.6 Å². The summed E-state index contributed by atoms with van der Waals surface area (Å²) in [5.74, 6) is -0.985. The van der Waals surface area contributed by atoms with E-state index in [4.69, 9.17) is 0 Å². The first-order valence-corrected chi connectivity index (χ1v) is 8.23. The summed E-state index contributed by atoms with van der Waals surface area (Å²) in [5, 5.41) is 2.81. The number of benzene rings is 1. The van der Waals surface area contributed by atoms with Crippen LogP contribution in [0.5, 0.6) is 0 Å². The minimum atomic E-state index is -0.592. The van der Waals surface area contributed by atoms with Gasteiger partial charge in [-0.3, -0.25) is 9.20 Å². The van der Waals surface area contributed by atoms with Crippen molar-refractivity contribution in [1.82, 2.24) is 9.38 Å². The van der Waals surface area contributed by atoms with Crippen LogP contribution in [-0.4, -0.2) is 15.3 Å². The van der Waals surface area contributed by atoms with E-state index in [1.165, 1.54) is 0 Å². The van der Waals surface area contributed by atoms with Crippen molar-refractivity contribution >= 4 is 17.4 Å². The van der Waals surface area contributed by atoms with Crippen LogP contribution in [0.25, 0.3) is 16.9 Å². The number of hydrogen-bond donors (Lipinski definition) is 1. The van der Waals surface area contributed by atoms with Crippen LogP contribution in [0.15, 0.2) is 36.5 Å². The van der Waals surface area contributed by atoms with Crippen LogP contribution < -0.4 is 5.32 Å². The molecule has 0 aliphatic carbocycles. The molecule has 0 unspecified atom stereocenters. The lowest BCUT2D eigenvalue weighted by Gasteiger charge is -2.08. The molecule has 1 amide bonds. The van der Waals surface area contributed by atoms with Gasteiger partial charge in [0.2, 0.25) is 5.91 Å². The normalized spacial score (nSPS) is 11.0. The molecule has 0 spiro atoms. The molecule has 0 saturated heterocycles. The Morgan fingerprint density at radius 1 is 1.24 bits per heavy atom. The number of aryl methyl sites for hydroxylation is 1. The number of anilines is 1. The fourth-order valence-electron chi connectivity index (χ4n) is 2.66. The Bertz CT molecular complexity index is 934. The van der Waals surface area contributed by atoms with Crippen molar-refractivity contribution in [3.63, 3.8) is 0 Å². The highest BCUT2D eigenvalue weighted by Crippen LogP contribution is 2.31. The SMILES string of the molecule is CCCCC(=O)Nc1c(-c2cc(F)ccc2F)nc2cc(C)ccn12. The Labute approximate surface area is 144 Å². The number of aromatic nitrogens is 2. The number of carbonyl (C=O) groups excluding carboxylic acids is 1. The maximum absolute atomic E-state index is 14.3. The van der Waals surface area contributed by atoms with E-state index in [9.17, 15) is 13.6 Å². The van der Waals surface area contributed by atoms with Gasteiger partial charge in [0.1, 0.15) is 28.8 Å². The molecule has 0 saturated carbocycles. The summed E-state index contributed by atoms with van der Waals surface area (Å²) < 4.78 is 29.6. The van der Waals surface area contributed by atoms with Gasteiger partial charge < -0.3 is 5.32 Å². The van der Waals surface area contributed by atoms with Crippen LogP contribution >= 0.6 is 0 Å². The number of rotatable bonds is 5. The Balaban J connectivity index is 2.14. The predicted octanol–water partition coefficient (Wildman–Crippen LogP) is 4.72. The fraction of sp³-hybridized carbons (Fsp3) is 0.263. The predicted molar refractivity (Wildman–Crippen MR) is 93.4 cm³/mol. The lowest BCUT2D eigenvalue weighted by atomic mass is 10.1. The Hall–Kier alpha value is -2.76. The smallest absolute Gasteiger partial charge is 0.225 e. The van der Waals surface area contributed by atoms with Crippen molar-refractivity contribution in [1.29, 1.82) is 0 Å². The molecule has 3 rings (SSSR count). The number of nitrogens with one attached hydrogen (secondary N) is 1. The number of hydrogen-bond acceptors (Lipinski definition) is 2. The maximum atomic E-state index is 14.3. The molecule has 2 heterocycles. The third-order valence-electron chi connectivity index (χ3n) is 3.98. The van der Waals surface area contributed by atoms with E-state index in [0.717, 1.165) is 36.6 Å². The third-order valence-corrected chi connectivity index (χ3v) is 3.98. The second-order valence-electron chi connectivity index (χ2n) is 6.02. The summed E-state index contributed by atoms with van der Waals surface area (Å²) in [6, 6.07) is 6.89. The maximum Gasteiger partial charge on any atom is 0.225 e. The van der Waals surface area contributed by atoms with Crippen LogP contribution in [0.1, 0.15) is 31.7 Å². The minimum absolute atomic E-state index is 0.0205. The number of pyridine rings is 1. The molecule has 0 fully saturated rings. The molecule has 3 aromatic rings. The molecule has 1 aromatic carbocycles. The van der Waals surface area contributed by atoms with Crippen LogP contribution in [0.2, 0.25) is 0 Å². The van der Waals surface area contributed by atoms with Gasteiger partial charge >= 0.3 is 0 Å². The number of unbranched alkanes of at least 4 members (excludes halogenated alkanes) is 1. The quantitative estimate of drug-likeness (QED) is 0.729. The molecule has 4 nitrogen and oxygen atoms in total. The van der Waals surface area contributed by atoms with E-state index in [2.05, 4.69) is 10.3 Å². The van der Waals surface area contributed by atoms with Crippen molar-refractivity contribution in [3.8, 4) is 11.3 Å². The third kappa shape index (κ3) is 3.52. The highest BCUT2D eigenvalue weighted by molar-refractivity contribution is 5.94. The number of nitrogens with zero attached hydrogens (tertiary/aromatic N) is 2. The Kier molecular flexibility index (Phi) is 4.79. The zero-order valence-corrected chi connectivity index (χ0v) is 14.1. The van der Waals surface area contributed by atoms with Gasteiger partial charge in [0.25, 0.3) is 0 Å². The molecular formula is C19H19F2N3O. The zero-order valence-electron chi connectivity index (χ0n) is 14.1. The van der Waals surface area contributed by atoms with Gasteiger partial charge in [-0.25, -0.2) is 13.8 Å². The number of amides is 1. The summed E-state index contributed by atoms with van der Waals surface area (Å²) in [6.07, 6.45) is 3.77. The number of halogens is 2. The van der Waals surface area contributed by atoms with Crippen LogP contribution in [0.3, 0.4) is 0 Å². The Morgan fingerprint density at radius 3 is 2.80 bits per heavy atom. The average molecular weight is 343 g/mol. The highest BCUT2D eigenvalue weighted by atomic mass is 19.1. The van der Waals surface area contributed by atoms with Gasteiger partial charge in [-0.1, -0.05) is 13.3 Å². The minimum Gasteiger partial charge on any atom is -0.310 e. The lowest BCUT2D eigenvalue weighted by molar-refractivity contribution is -0.116. The zero-order chi connectivity index (χ0) is 18.0. The van der Waals surface area contributed by atoms with Gasteiger partial charge in [-0.15, -0.1) is 0 Å². The van der Waals surface area contributed by atoms with Crippen molar-refractivity contribution < 1.29 is 13.6 Å². The number of carbonyl (C=O) groups is 1. The van der Waals surface area contributed by atoms with Gasteiger partial charge in [-0.05, 0) is 49.2 Å². The fourth-order valence-corrected chi connectivity index (χ4v) is 2.66. The molecule has 0 bridgehead atoms. The van der Waals surface area contributed by atoms with Crippen LogP contribution in [0, 0.1) is 18.6 Å². The molecule has 0 aliphatic heterocycles. The molecule has 2 aromatic heterocycles. The number of fused-ring (bicyclic) bond motifs is 1. The molecule has 6 heteroatoms. The van der Waals surface area contributed by atoms with E-state index in [1.807, 2.05) is 26.0 Å². The van der Waals surface area contributed by atoms with E-state index >= 15 is 0 Å². The molecule has 130 valence electrons. The average Bonchev–Trinajstić information content (AvgIpc) is 2.92. The summed E-state index contributed by atoms with van der Waals surface area (Å²) in [7, 11) is 0. The summed E-state index contributed by atoms with van der Waals surface area (Å²) in [4.78, 5) is 16.6. The molecule has 1 N–H and O–H groups in total. The molecule has 0 aliphatic rings. The van der Waals surface area contributed by atoms with Crippen molar-refractivity contribution in [3.05, 3.63) is 53.7 Å². The monoisotopic (exact) mass is 343 g/mol. The lowest BCUT2D eigenvalue weighted by Crippen LogP contribution is -2.13. The molecule has 0 atom stereocenters. The first-order valence-electron chi connectivity index (χ1n) is 8.23. The molecule has 25 heavy (non-hydrogen) atoms. The van der Waals surface area contributed by atoms with Gasteiger partial charge in [0, 0.05) is 18.2 Å². The molecule has 0 radical (unpaired) electrons. The van der Waals surface area contributed by atoms with Gasteiger partial charge in [-0.2, -0.15) is 0 Å². The van der Waals surface area contributed by atoms with E-state index in [0.29, 0.717) is 17.9 Å². The largest absolute Gasteiger partial charge is 0.310 e. The van der Waals surface area contributed by atoms with Gasteiger partial charge in [0.05, 0.1) is 0 Å².